The lowest BCUT2D eigenvalue weighted by atomic mass is 9.86. The fourth-order valence-corrected chi connectivity index (χ4v) is 2.21. The number of hydrogen-bond donors (Lipinski definition) is 3. The second-order valence-electron chi connectivity index (χ2n) is 6.02. The molecule has 0 heterocycles. The lowest BCUT2D eigenvalue weighted by Crippen LogP contribution is -2.32. The molecule has 0 spiro atoms. The van der Waals surface area contributed by atoms with Gasteiger partial charge in [0.15, 0.2) is 0 Å². The molecule has 5 heteroatoms. The number of unbranched alkanes of at least 4 members (excludes halogenated alkanes) is 1. The number of amidine groups is 1. The van der Waals surface area contributed by atoms with E-state index in [2.05, 4.69) is 10.5 Å². The molecule has 118 valence electrons. The van der Waals surface area contributed by atoms with Crippen LogP contribution in [0.2, 0.25) is 0 Å². The molecule has 0 unspecified atom stereocenters. The minimum absolute atomic E-state index is 0.0108. The van der Waals surface area contributed by atoms with Gasteiger partial charge < -0.3 is 16.3 Å². The van der Waals surface area contributed by atoms with Gasteiger partial charge in [0, 0.05) is 17.0 Å². The van der Waals surface area contributed by atoms with E-state index < -0.39 is 0 Å². The highest BCUT2D eigenvalue weighted by molar-refractivity contribution is 5.85. The number of nitrogens with one attached hydrogen (secondary N) is 1. The van der Waals surface area contributed by atoms with Gasteiger partial charge in [-0.05, 0) is 32.4 Å². The summed E-state index contributed by atoms with van der Waals surface area (Å²) >= 11 is 0. The average Bonchev–Trinajstić information content (AvgIpc) is 2.46. The maximum atomic E-state index is 13.6. The van der Waals surface area contributed by atoms with Gasteiger partial charge in [-0.25, -0.2) is 4.39 Å². The Kier molecular flexibility index (Phi) is 6.62. The lowest BCUT2D eigenvalue weighted by molar-refractivity contribution is 0.304. The molecule has 0 aromatic heterocycles. The molecule has 1 aromatic rings. The van der Waals surface area contributed by atoms with Crippen LogP contribution in [0.3, 0.4) is 0 Å². The first-order valence-electron chi connectivity index (χ1n) is 7.34. The minimum Gasteiger partial charge on any atom is -0.409 e. The maximum Gasteiger partial charge on any atom is 0.144 e. The Bertz CT molecular complexity index is 474. The average molecular weight is 295 g/mol. The van der Waals surface area contributed by atoms with Gasteiger partial charge in [0.2, 0.25) is 0 Å². The summed E-state index contributed by atoms with van der Waals surface area (Å²) in [5.74, 6) is 0.0840. The van der Waals surface area contributed by atoms with E-state index in [4.69, 9.17) is 10.9 Å². The van der Waals surface area contributed by atoms with Crippen molar-refractivity contribution in [3.05, 3.63) is 35.6 Å². The molecule has 0 amide bonds. The van der Waals surface area contributed by atoms with E-state index in [1.54, 1.807) is 12.1 Å². The summed E-state index contributed by atoms with van der Waals surface area (Å²) in [7, 11) is 0. The lowest BCUT2D eigenvalue weighted by Gasteiger charge is -2.22. The zero-order chi connectivity index (χ0) is 15.9. The third-order valence-corrected chi connectivity index (χ3v) is 3.85. The fraction of sp³-hybridized carbons (Fsp3) is 0.562. The van der Waals surface area contributed by atoms with Gasteiger partial charge in [0.05, 0.1) is 0 Å². The number of benzene rings is 1. The van der Waals surface area contributed by atoms with Crippen molar-refractivity contribution in [1.29, 1.82) is 0 Å². The Morgan fingerprint density at radius 1 is 1.38 bits per heavy atom. The molecule has 1 rings (SSSR count). The van der Waals surface area contributed by atoms with Crippen molar-refractivity contribution in [3.63, 3.8) is 0 Å². The molecular formula is C16H26FN3O. The molecule has 21 heavy (non-hydrogen) atoms. The molecule has 1 aromatic carbocycles. The van der Waals surface area contributed by atoms with Crippen LogP contribution in [-0.4, -0.2) is 17.6 Å². The monoisotopic (exact) mass is 295 g/mol. The normalized spacial score (nSPS) is 14.2. The van der Waals surface area contributed by atoms with E-state index in [-0.39, 0.29) is 23.1 Å². The van der Waals surface area contributed by atoms with Crippen LogP contribution in [0.1, 0.15) is 51.6 Å². The van der Waals surface area contributed by atoms with Gasteiger partial charge in [-0.3, -0.25) is 0 Å². The fourth-order valence-electron chi connectivity index (χ4n) is 2.21. The number of nitrogens with zero attached hydrogens (tertiary/aromatic N) is 1. The summed E-state index contributed by atoms with van der Waals surface area (Å²) in [6, 6.07) is 6.81. The minimum atomic E-state index is -0.300. The van der Waals surface area contributed by atoms with Gasteiger partial charge in [0.25, 0.3) is 0 Å². The van der Waals surface area contributed by atoms with Crippen LogP contribution in [0.15, 0.2) is 29.4 Å². The van der Waals surface area contributed by atoms with Gasteiger partial charge in [-0.1, -0.05) is 43.6 Å². The first-order chi connectivity index (χ1) is 9.88. The number of oxime groups is 1. The van der Waals surface area contributed by atoms with Crippen molar-refractivity contribution in [2.75, 3.05) is 6.54 Å². The first kappa shape index (κ1) is 17.4. The van der Waals surface area contributed by atoms with Crippen molar-refractivity contribution in [3.8, 4) is 0 Å². The summed E-state index contributed by atoms with van der Waals surface area (Å²) < 4.78 is 13.6. The number of halogens is 1. The number of hydrogen-bond acceptors (Lipinski definition) is 3. The van der Waals surface area contributed by atoms with Crippen molar-refractivity contribution in [2.24, 2.45) is 16.3 Å². The van der Waals surface area contributed by atoms with E-state index in [0.717, 1.165) is 25.8 Å². The van der Waals surface area contributed by atoms with Crippen LogP contribution in [-0.2, 0) is 0 Å². The molecule has 1 atom stereocenters. The first-order valence-corrected chi connectivity index (χ1v) is 7.34. The zero-order valence-corrected chi connectivity index (χ0v) is 13.1. The van der Waals surface area contributed by atoms with Crippen LogP contribution in [0.25, 0.3) is 0 Å². The number of nitrogens with two attached hydrogens (primary N) is 1. The molecule has 4 nitrogen and oxygen atoms in total. The van der Waals surface area contributed by atoms with Crippen molar-refractivity contribution >= 4 is 5.84 Å². The standard InChI is InChI=1S/C16H26FN3O/c1-12(13-8-4-5-9-14(13)17)19-11-7-6-10-16(2,3)15(18)20-21/h4-5,8-9,12,19,21H,6-7,10-11H2,1-3H3,(H2,18,20)/t12-/m1/s1. The van der Waals surface area contributed by atoms with Crippen molar-refractivity contribution in [1.82, 2.24) is 5.32 Å². The smallest absolute Gasteiger partial charge is 0.144 e. The third-order valence-electron chi connectivity index (χ3n) is 3.85. The highest BCUT2D eigenvalue weighted by Gasteiger charge is 2.22. The predicted octanol–water partition coefficient (Wildman–Crippen LogP) is 3.42. The van der Waals surface area contributed by atoms with E-state index in [0.29, 0.717) is 5.56 Å². The molecular weight excluding hydrogens is 269 g/mol. The Balaban J connectivity index is 2.31. The highest BCUT2D eigenvalue weighted by atomic mass is 19.1. The second-order valence-corrected chi connectivity index (χ2v) is 6.02. The summed E-state index contributed by atoms with van der Waals surface area (Å²) in [4.78, 5) is 0. The summed E-state index contributed by atoms with van der Waals surface area (Å²) in [6.07, 6.45) is 2.76. The Hall–Kier alpha value is -1.62. The van der Waals surface area contributed by atoms with E-state index in [1.807, 2.05) is 26.8 Å². The predicted molar refractivity (Wildman–Crippen MR) is 83.9 cm³/mol. The van der Waals surface area contributed by atoms with Gasteiger partial charge >= 0.3 is 0 Å². The molecule has 0 fully saturated rings. The quantitative estimate of drug-likeness (QED) is 0.226. The largest absolute Gasteiger partial charge is 0.409 e. The third kappa shape index (κ3) is 5.34. The molecule has 0 aliphatic rings. The van der Waals surface area contributed by atoms with Crippen molar-refractivity contribution in [2.45, 2.75) is 46.1 Å². The Morgan fingerprint density at radius 3 is 2.67 bits per heavy atom. The van der Waals surface area contributed by atoms with Gasteiger partial charge in [-0.2, -0.15) is 0 Å². The van der Waals surface area contributed by atoms with Crippen LogP contribution in [0, 0.1) is 11.2 Å². The highest BCUT2D eigenvalue weighted by Crippen LogP contribution is 2.23. The van der Waals surface area contributed by atoms with E-state index in [9.17, 15) is 4.39 Å². The molecule has 0 aliphatic heterocycles. The molecule has 0 radical (unpaired) electrons. The summed E-state index contributed by atoms with van der Waals surface area (Å²) in [6.45, 7) is 6.68. The SMILES string of the molecule is C[C@@H](NCCCCC(C)(C)/C(N)=N/O)c1ccccc1F. The van der Waals surface area contributed by atoms with E-state index in [1.165, 1.54) is 6.07 Å². The van der Waals surface area contributed by atoms with Gasteiger partial charge in [0.1, 0.15) is 11.7 Å². The Morgan fingerprint density at radius 2 is 2.05 bits per heavy atom. The molecule has 0 saturated carbocycles. The molecule has 0 saturated heterocycles. The number of rotatable bonds is 8. The molecule has 0 aliphatic carbocycles. The van der Waals surface area contributed by atoms with Crippen LogP contribution < -0.4 is 11.1 Å². The van der Waals surface area contributed by atoms with Crippen LogP contribution in [0.4, 0.5) is 4.39 Å². The van der Waals surface area contributed by atoms with Gasteiger partial charge in [-0.15, -0.1) is 0 Å². The molecule has 0 bridgehead atoms. The molecule has 4 N–H and O–H groups in total. The summed E-state index contributed by atoms with van der Waals surface area (Å²) in [5.41, 5.74) is 6.04. The second kappa shape index (κ2) is 7.98. The Labute approximate surface area is 126 Å². The topological polar surface area (TPSA) is 70.6 Å². The zero-order valence-electron chi connectivity index (χ0n) is 13.1. The van der Waals surface area contributed by atoms with Crippen LogP contribution >= 0.6 is 0 Å². The van der Waals surface area contributed by atoms with Crippen molar-refractivity contribution < 1.29 is 9.60 Å². The van der Waals surface area contributed by atoms with E-state index >= 15 is 0 Å². The summed E-state index contributed by atoms with van der Waals surface area (Å²) in [5, 5.41) is 15.1. The maximum absolute atomic E-state index is 13.6. The van der Waals surface area contributed by atoms with Crippen LogP contribution in [0.5, 0.6) is 0 Å².